The molecule has 1 amide bonds. The first-order chi connectivity index (χ1) is 7.25. The third-order valence-electron chi connectivity index (χ3n) is 2.49. The fourth-order valence-electron chi connectivity index (χ4n) is 1.43. The first-order valence-electron chi connectivity index (χ1n) is 5.67. The Morgan fingerprint density at radius 1 is 1.25 bits per heavy atom. The second kappa shape index (κ2) is 5.87. The highest BCUT2D eigenvalue weighted by Crippen LogP contribution is 2.28. The lowest BCUT2D eigenvalue weighted by molar-refractivity contribution is -0.159. The smallest absolute Gasteiger partial charge is 0.319 e. The maximum Gasteiger partial charge on any atom is 0.319 e. The zero-order valence-electron chi connectivity index (χ0n) is 11.2. The molecule has 0 saturated carbocycles. The maximum atomic E-state index is 12.1. The molecule has 0 rings (SSSR count). The first kappa shape index (κ1) is 14.9. The van der Waals surface area contributed by atoms with Crippen molar-refractivity contribution in [2.45, 2.75) is 34.6 Å². The van der Waals surface area contributed by atoms with Gasteiger partial charge in [-0.1, -0.05) is 20.8 Å². The standard InChI is InChI=1S/C12H23NO3/c1-7-13(6)10(14)9(12(3,4)5)11(15)16-8-2/h9H,7-8H2,1-6H3. The van der Waals surface area contributed by atoms with E-state index in [0.717, 1.165) is 0 Å². The van der Waals surface area contributed by atoms with Crippen molar-refractivity contribution in [2.75, 3.05) is 20.2 Å². The molecule has 0 heterocycles. The van der Waals surface area contributed by atoms with Crippen LogP contribution < -0.4 is 0 Å². The Morgan fingerprint density at radius 2 is 1.75 bits per heavy atom. The summed E-state index contributed by atoms with van der Waals surface area (Å²) in [6.45, 7) is 10.1. The van der Waals surface area contributed by atoms with Crippen LogP contribution >= 0.6 is 0 Å². The van der Waals surface area contributed by atoms with Crippen LogP contribution in [0, 0.1) is 11.3 Å². The van der Waals surface area contributed by atoms with Crippen LogP contribution in [0.3, 0.4) is 0 Å². The number of carbonyl (C=O) groups is 2. The van der Waals surface area contributed by atoms with Crippen LogP contribution in [-0.4, -0.2) is 37.0 Å². The van der Waals surface area contributed by atoms with E-state index in [2.05, 4.69) is 0 Å². The summed E-state index contributed by atoms with van der Waals surface area (Å²) in [5, 5.41) is 0. The number of ether oxygens (including phenoxy) is 1. The van der Waals surface area contributed by atoms with Crippen LogP contribution in [0.4, 0.5) is 0 Å². The van der Waals surface area contributed by atoms with Crippen molar-refractivity contribution in [3.05, 3.63) is 0 Å². The van der Waals surface area contributed by atoms with Gasteiger partial charge in [0.25, 0.3) is 0 Å². The SMILES string of the molecule is CCOC(=O)C(C(=O)N(C)CC)C(C)(C)C. The van der Waals surface area contributed by atoms with Crippen LogP contribution in [0.5, 0.6) is 0 Å². The van der Waals surface area contributed by atoms with Crippen molar-refractivity contribution < 1.29 is 14.3 Å². The first-order valence-corrected chi connectivity index (χ1v) is 5.67. The minimum atomic E-state index is -0.725. The van der Waals surface area contributed by atoms with Gasteiger partial charge in [-0.2, -0.15) is 0 Å². The van der Waals surface area contributed by atoms with E-state index in [9.17, 15) is 9.59 Å². The summed E-state index contributed by atoms with van der Waals surface area (Å²) in [4.78, 5) is 25.4. The highest BCUT2D eigenvalue weighted by atomic mass is 16.5. The lowest BCUT2D eigenvalue weighted by atomic mass is 9.80. The van der Waals surface area contributed by atoms with E-state index in [1.54, 1.807) is 18.9 Å². The molecular formula is C12H23NO3. The fourth-order valence-corrected chi connectivity index (χ4v) is 1.43. The van der Waals surface area contributed by atoms with Gasteiger partial charge >= 0.3 is 5.97 Å². The predicted molar refractivity (Wildman–Crippen MR) is 62.9 cm³/mol. The van der Waals surface area contributed by atoms with Gasteiger partial charge in [-0.05, 0) is 19.3 Å². The summed E-state index contributed by atoms with van der Waals surface area (Å²) in [7, 11) is 1.69. The van der Waals surface area contributed by atoms with Crippen LogP contribution in [-0.2, 0) is 14.3 Å². The summed E-state index contributed by atoms with van der Waals surface area (Å²) in [6, 6.07) is 0. The summed E-state index contributed by atoms with van der Waals surface area (Å²) in [5.74, 6) is -1.33. The molecule has 0 bridgehead atoms. The topological polar surface area (TPSA) is 46.6 Å². The Bertz CT molecular complexity index is 255. The molecule has 0 aliphatic heterocycles. The monoisotopic (exact) mass is 229 g/mol. The van der Waals surface area contributed by atoms with Gasteiger partial charge in [0.1, 0.15) is 5.92 Å². The number of amides is 1. The highest BCUT2D eigenvalue weighted by Gasteiger charge is 2.40. The third-order valence-corrected chi connectivity index (χ3v) is 2.49. The van der Waals surface area contributed by atoms with Gasteiger partial charge in [0, 0.05) is 13.6 Å². The van der Waals surface area contributed by atoms with Gasteiger partial charge in [-0.3, -0.25) is 9.59 Å². The molecule has 1 atom stereocenters. The van der Waals surface area contributed by atoms with Crippen LogP contribution in [0.1, 0.15) is 34.6 Å². The van der Waals surface area contributed by atoms with E-state index in [0.29, 0.717) is 13.2 Å². The van der Waals surface area contributed by atoms with Gasteiger partial charge in [0.2, 0.25) is 5.91 Å². The lowest BCUT2D eigenvalue weighted by Gasteiger charge is -2.30. The third kappa shape index (κ3) is 3.83. The van der Waals surface area contributed by atoms with E-state index in [1.165, 1.54) is 0 Å². The minimum absolute atomic E-state index is 0.173. The molecule has 94 valence electrons. The van der Waals surface area contributed by atoms with Gasteiger partial charge in [-0.25, -0.2) is 0 Å². The normalized spacial score (nSPS) is 13.1. The number of esters is 1. The zero-order valence-corrected chi connectivity index (χ0v) is 11.2. The molecule has 0 N–H and O–H groups in total. The average molecular weight is 229 g/mol. The second-order valence-corrected chi connectivity index (χ2v) is 4.90. The number of rotatable bonds is 4. The molecule has 16 heavy (non-hydrogen) atoms. The number of hydrogen-bond donors (Lipinski definition) is 0. The van der Waals surface area contributed by atoms with Gasteiger partial charge < -0.3 is 9.64 Å². The Morgan fingerprint density at radius 3 is 2.06 bits per heavy atom. The lowest BCUT2D eigenvalue weighted by Crippen LogP contribution is -2.44. The Labute approximate surface area is 98.0 Å². The maximum absolute atomic E-state index is 12.1. The molecule has 0 aliphatic rings. The van der Waals surface area contributed by atoms with Crippen LogP contribution in [0.25, 0.3) is 0 Å². The van der Waals surface area contributed by atoms with Crippen molar-refractivity contribution in [1.82, 2.24) is 4.90 Å². The molecule has 0 saturated heterocycles. The molecule has 4 nitrogen and oxygen atoms in total. The van der Waals surface area contributed by atoms with Crippen LogP contribution in [0.15, 0.2) is 0 Å². The van der Waals surface area contributed by atoms with E-state index >= 15 is 0 Å². The molecule has 0 aromatic carbocycles. The Hall–Kier alpha value is -1.06. The molecule has 0 fully saturated rings. The summed E-state index contributed by atoms with van der Waals surface area (Å²) < 4.78 is 4.96. The second-order valence-electron chi connectivity index (χ2n) is 4.90. The predicted octanol–water partition coefficient (Wildman–Crippen LogP) is 1.69. The number of carbonyl (C=O) groups excluding carboxylic acids is 2. The van der Waals surface area contributed by atoms with Gasteiger partial charge in [-0.15, -0.1) is 0 Å². The molecule has 0 aromatic heterocycles. The average Bonchev–Trinajstić information content (AvgIpc) is 2.14. The Balaban J connectivity index is 4.96. The van der Waals surface area contributed by atoms with Gasteiger partial charge in [0.05, 0.1) is 6.61 Å². The van der Waals surface area contributed by atoms with E-state index in [-0.39, 0.29) is 5.91 Å². The summed E-state index contributed by atoms with van der Waals surface area (Å²) in [5.41, 5.74) is -0.424. The van der Waals surface area contributed by atoms with E-state index in [4.69, 9.17) is 4.74 Å². The largest absolute Gasteiger partial charge is 0.465 e. The Kier molecular flexibility index (Phi) is 5.48. The number of hydrogen-bond acceptors (Lipinski definition) is 3. The molecule has 0 spiro atoms. The van der Waals surface area contributed by atoms with Crippen molar-refractivity contribution >= 4 is 11.9 Å². The fraction of sp³-hybridized carbons (Fsp3) is 0.833. The zero-order chi connectivity index (χ0) is 12.9. The van der Waals surface area contributed by atoms with Crippen molar-refractivity contribution in [2.24, 2.45) is 11.3 Å². The van der Waals surface area contributed by atoms with E-state index < -0.39 is 17.3 Å². The van der Waals surface area contributed by atoms with Crippen LogP contribution in [0.2, 0.25) is 0 Å². The molecule has 0 radical (unpaired) electrons. The number of nitrogens with zero attached hydrogens (tertiary/aromatic N) is 1. The summed E-state index contributed by atoms with van der Waals surface area (Å²) >= 11 is 0. The van der Waals surface area contributed by atoms with Crippen molar-refractivity contribution in [3.8, 4) is 0 Å². The quantitative estimate of drug-likeness (QED) is 0.544. The highest BCUT2D eigenvalue weighted by molar-refractivity contribution is 5.98. The van der Waals surface area contributed by atoms with Crippen molar-refractivity contribution in [1.29, 1.82) is 0 Å². The van der Waals surface area contributed by atoms with E-state index in [1.807, 2.05) is 27.7 Å². The molecule has 0 aromatic rings. The molecule has 4 heteroatoms. The van der Waals surface area contributed by atoms with Gasteiger partial charge in [0.15, 0.2) is 0 Å². The van der Waals surface area contributed by atoms with Crippen molar-refractivity contribution in [3.63, 3.8) is 0 Å². The molecule has 0 aliphatic carbocycles. The summed E-state index contributed by atoms with van der Waals surface area (Å²) in [6.07, 6.45) is 0. The molecule has 1 unspecified atom stereocenters. The minimum Gasteiger partial charge on any atom is -0.465 e. The molecular weight excluding hydrogens is 206 g/mol.